The topological polar surface area (TPSA) is 41.1 Å². The van der Waals surface area contributed by atoms with Crippen molar-refractivity contribution in [1.82, 2.24) is 5.32 Å². The lowest BCUT2D eigenvalue weighted by Gasteiger charge is -2.21. The van der Waals surface area contributed by atoms with Crippen molar-refractivity contribution in [1.29, 1.82) is 0 Å². The van der Waals surface area contributed by atoms with Crippen LogP contribution in [0.25, 0.3) is 10.8 Å². The lowest BCUT2D eigenvalue weighted by Crippen LogP contribution is -2.33. The summed E-state index contributed by atoms with van der Waals surface area (Å²) in [5.41, 5.74) is 3.87. The molecular weight excluding hydrogens is 449 g/mol. The lowest BCUT2D eigenvalue weighted by atomic mass is 9.91. The number of amides is 2. The highest BCUT2D eigenvalue weighted by atomic mass is 19.4. The van der Waals surface area contributed by atoms with E-state index in [1.54, 1.807) is 0 Å². The molecule has 3 aromatic carbocycles. The zero-order valence-electron chi connectivity index (χ0n) is 20.9. The molecule has 3 nitrogen and oxygen atoms in total. The summed E-state index contributed by atoms with van der Waals surface area (Å²) in [5.74, 6) is 0.337. The van der Waals surface area contributed by atoms with E-state index in [4.69, 9.17) is 0 Å². The van der Waals surface area contributed by atoms with E-state index in [1.165, 1.54) is 0 Å². The third-order valence-corrected chi connectivity index (χ3v) is 6.38. The minimum absolute atomic E-state index is 0.0121. The molecule has 0 aliphatic heterocycles. The Bertz CT molecular complexity index is 1140. The molecule has 0 fully saturated rings. The standard InChI is InChI=1S/C29H35F3N2O/c1-19(2)22-13-14-26(20(3)4)27(17-22)34-28(35)33-18-25(10-7-15-29(30,31)32)24-12-11-21-8-5-6-9-23(21)16-24/h5-6,8-9,11-14,16-17,19-20,25H,7,10,15,18H2,1-4H3,(H2,33,34,35). The maximum Gasteiger partial charge on any atom is 0.389 e. The second kappa shape index (κ2) is 11.6. The number of anilines is 1. The van der Waals surface area contributed by atoms with Gasteiger partial charge in [-0.15, -0.1) is 0 Å². The van der Waals surface area contributed by atoms with Crippen LogP contribution < -0.4 is 10.6 Å². The third-order valence-electron chi connectivity index (χ3n) is 6.38. The van der Waals surface area contributed by atoms with E-state index in [1.807, 2.05) is 54.6 Å². The van der Waals surface area contributed by atoms with Crippen LogP contribution in [0.4, 0.5) is 23.7 Å². The minimum Gasteiger partial charge on any atom is -0.337 e. The van der Waals surface area contributed by atoms with Crippen molar-refractivity contribution in [3.63, 3.8) is 0 Å². The molecule has 188 valence electrons. The zero-order valence-corrected chi connectivity index (χ0v) is 20.9. The largest absolute Gasteiger partial charge is 0.389 e. The molecule has 0 saturated carbocycles. The second-order valence-electron chi connectivity index (χ2n) is 9.80. The molecule has 2 amide bonds. The number of fused-ring (bicyclic) bond motifs is 1. The quantitative estimate of drug-likeness (QED) is 0.313. The van der Waals surface area contributed by atoms with Crippen LogP contribution in [0.2, 0.25) is 0 Å². The first kappa shape index (κ1) is 26.6. The lowest BCUT2D eigenvalue weighted by molar-refractivity contribution is -0.135. The normalized spacial score (nSPS) is 12.8. The molecule has 0 aliphatic rings. The van der Waals surface area contributed by atoms with E-state index in [0.717, 1.165) is 33.2 Å². The smallest absolute Gasteiger partial charge is 0.337 e. The fraction of sp³-hybridized carbons (Fsp3) is 0.414. The van der Waals surface area contributed by atoms with Gasteiger partial charge in [0.1, 0.15) is 0 Å². The van der Waals surface area contributed by atoms with E-state index in [2.05, 4.69) is 44.4 Å². The van der Waals surface area contributed by atoms with Gasteiger partial charge in [0.05, 0.1) is 0 Å². The number of urea groups is 1. The summed E-state index contributed by atoms with van der Waals surface area (Å²) in [6, 6.07) is 19.6. The molecule has 6 heteroatoms. The van der Waals surface area contributed by atoms with Crippen molar-refractivity contribution in [3.8, 4) is 0 Å². The van der Waals surface area contributed by atoms with E-state index in [9.17, 15) is 18.0 Å². The van der Waals surface area contributed by atoms with Gasteiger partial charge in [-0.2, -0.15) is 13.2 Å². The monoisotopic (exact) mass is 484 g/mol. The molecule has 1 atom stereocenters. The molecule has 0 heterocycles. The zero-order chi connectivity index (χ0) is 25.6. The maximum absolute atomic E-state index is 12.8. The number of carbonyl (C=O) groups excluding carboxylic acids is 1. The van der Waals surface area contributed by atoms with Gasteiger partial charge in [0.2, 0.25) is 0 Å². The van der Waals surface area contributed by atoms with E-state index >= 15 is 0 Å². The molecular formula is C29H35F3N2O. The van der Waals surface area contributed by atoms with Gasteiger partial charge in [0, 0.05) is 24.6 Å². The fourth-order valence-corrected chi connectivity index (χ4v) is 4.32. The van der Waals surface area contributed by atoms with Gasteiger partial charge >= 0.3 is 12.2 Å². The van der Waals surface area contributed by atoms with Crippen molar-refractivity contribution in [2.45, 2.75) is 70.9 Å². The summed E-state index contributed by atoms with van der Waals surface area (Å²) in [6.07, 6.45) is -4.67. The van der Waals surface area contributed by atoms with Crippen molar-refractivity contribution < 1.29 is 18.0 Å². The predicted molar refractivity (Wildman–Crippen MR) is 138 cm³/mol. The van der Waals surface area contributed by atoms with Crippen molar-refractivity contribution >= 4 is 22.5 Å². The maximum atomic E-state index is 12.8. The number of halogens is 3. The number of carbonyl (C=O) groups is 1. The van der Waals surface area contributed by atoms with Crippen LogP contribution in [0.15, 0.2) is 60.7 Å². The van der Waals surface area contributed by atoms with Crippen LogP contribution in [0.5, 0.6) is 0 Å². The number of hydrogen-bond acceptors (Lipinski definition) is 1. The highest BCUT2D eigenvalue weighted by molar-refractivity contribution is 5.90. The first-order valence-corrected chi connectivity index (χ1v) is 12.3. The van der Waals surface area contributed by atoms with Gasteiger partial charge in [0.15, 0.2) is 0 Å². The summed E-state index contributed by atoms with van der Waals surface area (Å²) in [4.78, 5) is 12.8. The van der Waals surface area contributed by atoms with Crippen LogP contribution in [0.3, 0.4) is 0 Å². The van der Waals surface area contributed by atoms with E-state index in [0.29, 0.717) is 12.3 Å². The predicted octanol–water partition coefficient (Wildman–Crippen LogP) is 8.72. The van der Waals surface area contributed by atoms with E-state index < -0.39 is 12.6 Å². The summed E-state index contributed by atoms with van der Waals surface area (Å²) < 4.78 is 38.4. The van der Waals surface area contributed by atoms with E-state index in [-0.39, 0.29) is 30.8 Å². The number of hydrogen-bond donors (Lipinski definition) is 2. The summed E-state index contributed by atoms with van der Waals surface area (Å²) >= 11 is 0. The molecule has 3 aromatic rings. The highest BCUT2D eigenvalue weighted by Gasteiger charge is 2.27. The number of benzene rings is 3. The van der Waals surface area contributed by atoms with Crippen LogP contribution in [0.1, 0.15) is 81.4 Å². The molecule has 0 bridgehead atoms. The Labute approximate surface area is 206 Å². The van der Waals surface area contributed by atoms with Crippen molar-refractivity contribution in [2.75, 3.05) is 11.9 Å². The average Bonchev–Trinajstić information content (AvgIpc) is 2.80. The highest BCUT2D eigenvalue weighted by Crippen LogP contribution is 2.30. The van der Waals surface area contributed by atoms with Crippen molar-refractivity contribution in [3.05, 3.63) is 77.4 Å². The SMILES string of the molecule is CC(C)c1ccc(C(C)C)c(NC(=O)NCC(CCCC(F)(F)F)c2ccc3ccccc3c2)c1. The van der Waals surface area contributed by atoms with Crippen LogP contribution in [-0.2, 0) is 0 Å². The minimum atomic E-state index is -4.19. The van der Waals surface area contributed by atoms with Gasteiger partial charge < -0.3 is 10.6 Å². The second-order valence-corrected chi connectivity index (χ2v) is 9.80. The summed E-state index contributed by atoms with van der Waals surface area (Å²) in [7, 11) is 0. The van der Waals surface area contributed by atoms with Gasteiger partial charge in [-0.05, 0) is 58.2 Å². The Morgan fingerprint density at radius 1 is 0.857 bits per heavy atom. The third kappa shape index (κ3) is 7.74. The van der Waals surface area contributed by atoms with Crippen molar-refractivity contribution in [2.24, 2.45) is 0 Å². The summed E-state index contributed by atoms with van der Waals surface area (Å²) in [6.45, 7) is 8.60. The number of nitrogens with one attached hydrogen (secondary N) is 2. The Kier molecular flexibility index (Phi) is 8.82. The molecule has 35 heavy (non-hydrogen) atoms. The fourth-order valence-electron chi connectivity index (χ4n) is 4.32. The Morgan fingerprint density at radius 3 is 2.20 bits per heavy atom. The first-order valence-electron chi connectivity index (χ1n) is 12.3. The molecule has 0 saturated heterocycles. The first-order chi connectivity index (χ1) is 16.5. The average molecular weight is 485 g/mol. The number of alkyl halides is 3. The Morgan fingerprint density at radius 2 is 1.54 bits per heavy atom. The van der Waals surface area contributed by atoms with Crippen LogP contribution in [-0.4, -0.2) is 18.8 Å². The van der Waals surface area contributed by atoms with Gasteiger partial charge in [-0.3, -0.25) is 0 Å². The Hall–Kier alpha value is -3.02. The van der Waals surface area contributed by atoms with Gasteiger partial charge in [-0.1, -0.05) is 82.3 Å². The van der Waals surface area contributed by atoms with Crippen LogP contribution >= 0.6 is 0 Å². The molecule has 0 spiro atoms. The summed E-state index contributed by atoms with van der Waals surface area (Å²) in [5, 5.41) is 7.98. The Balaban J connectivity index is 1.75. The molecule has 0 aromatic heterocycles. The number of rotatable bonds is 9. The van der Waals surface area contributed by atoms with Crippen LogP contribution in [0, 0.1) is 0 Å². The molecule has 3 rings (SSSR count). The van der Waals surface area contributed by atoms with Gasteiger partial charge in [0.25, 0.3) is 0 Å². The molecule has 2 N–H and O–H groups in total. The molecule has 0 radical (unpaired) electrons. The molecule has 1 unspecified atom stereocenters. The molecule has 0 aliphatic carbocycles. The van der Waals surface area contributed by atoms with Gasteiger partial charge in [-0.25, -0.2) is 4.79 Å².